The monoisotopic (exact) mass is 193 g/mol. The Morgan fingerprint density at radius 2 is 2.14 bits per heavy atom. The van der Waals surface area contributed by atoms with Crippen LogP contribution in [0.25, 0.3) is 0 Å². The Hall–Kier alpha value is -1.22. The van der Waals surface area contributed by atoms with E-state index in [9.17, 15) is 10.2 Å². The molecule has 1 aromatic carbocycles. The quantitative estimate of drug-likeness (QED) is 0.592. The number of rotatable bonds is 1. The van der Waals surface area contributed by atoms with Crippen molar-refractivity contribution in [2.75, 3.05) is 6.54 Å². The van der Waals surface area contributed by atoms with Gasteiger partial charge in [0.1, 0.15) is 0 Å². The van der Waals surface area contributed by atoms with E-state index in [4.69, 9.17) is 5.73 Å². The lowest BCUT2D eigenvalue weighted by atomic mass is 9.82. The second-order valence-corrected chi connectivity index (χ2v) is 3.83. The van der Waals surface area contributed by atoms with Crippen molar-refractivity contribution in [2.24, 2.45) is 5.73 Å². The standard InChI is InChI=1S/C11H15NO2/c12-6-7-2-1-3-9-8(7)4-5-10(13)11(9)14/h4-5,7,13-14H,1-3,6,12H2. The van der Waals surface area contributed by atoms with Crippen molar-refractivity contribution >= 4 is 0 Å². The first kappa shape index (κ1) is 9.34. The van der Waals surface area contributed by atoms with Gasteiger partial charge < -0.3 is 15.9 Å². The lowest BCUT2D eigenvalue weighted by Gasteiger charge is -2.25. The van der Waals surface area contributed by atoms with Gasteiger partial charge in [0.05, 0.1) is 0 Å². The summed E-state index contributed by atoms with van der Waals surface area (Å²) in [5.41, 5.74) is 7.65. The average Bonchev–Trinajstić information content (AvgIpc) is 2.23. The van der Waals surface area contributed by atoms with Crippen LogP contribution < -0.4 is 5.73 Å². The number of fused-ring (bicyclic) bond motifs is 1. The van der Waals surface area contributed by atoms with Gasteiger partial charge in [-0.3, -0.25) is 0 Å². The van der Waals surface area contributed by atoms with Gasteiger partial charge in [0, 0.05) is 5.56 Å². The molecule has 76 valence electrons. The van der Waals surface area contributed by atoms with Gasteiger partial charge in [0.15, 0.2) is 11.5 Å². The minimum absolute atomic E-state index is 0.0265. The number of hydrogen-bond acceptors (Lipinski definition) is 3. The molecule has 3 heteroatoms. The molecule has 1 aromatic rings. The molecular formula is C11H15NO2. The summed E-state index contributed by atoms with van der Waals surface area (Å²) in [5, 5.41) is 19.0. The highest BCUT2D eigenvalue weighted by Gasteiger charge is 2.22. The van der Waals surface area contributed by atoms with E-state index in [-0.39, 0.29) is 11.5 Å². The third-order valence-electron chi connectivity index (χ3n) is 3.00. The molecule has 0 aromatic heterocycles. The summed E-state index contributed by atoms with van der Waals surface area (Å²) in [6, 6.07) is 3.42. The Balaban J connectivity index is 2.50. The molecule has 1 aliphatic carbocycles. The number of phenolic OH excluding ortho intramolecular Hbond substituents is 2. The van der Waals surface area contributed by atoms with Crippen LogP contribution in [-0.2, 0) is 6.42 Å². The zero-order chi connectivity index (χ0) is 10.1. The summed E-state index contributed by atoms with van der Waals surface area (Å²) in [6.45, 7) is 0.608. The highest BCUT2D eigenvalue weighted by atomic mass is 16.3. The SMILES string of the molecule is NCC1CCCc2c1ccc(O)c2O. The molecule has 0 fully saturated rings. The van der Waals surface area contributed by atoms with Crippen LogP contribution >= 0.6 is 0 Å². The van der Waals surface area contributed by atoms with E-state index in [0.29, 0.717) is 12.5 Å². The molecule has 0 aliphatic heterocycles. The molecule has 1 aliphatic rings. The Labute approximate surface area is 83.2 Å². The van der Waals surface area contributed by atoms with Crippen molar-refractivity contribution in [1.29, 1.82) is 0 Å². The maximum atomic E-state index is 9.67. The van der Waals surface area contributed by atoms with Crippen molar-refractivity contribution in [2.45, 2.75) is 25.2 Å². The summed E-state index contributed by atoms with van der Waals surface area (Å²) in [6.07, 6.45) is 2.95. The van der Waals surface area contributed by atoms with Crippen LogP contribution in [-0.4, -0.2) is 16.8 Å². The van der Waals surface area contributed by atoms with Crippen LogP contribution in [0.5, 0.6) is 11.5 Å². The van der Waals surface area contributed by atoms with Crippen LogP contribution in [0.3, 0.4) is 0 Å². The van der Waals surface area contributed by atoms with Gasteiger partial charge >= 0.3 is 0 Å². The van der Waals surface area contributed by atoms with Crippen molar-refractivity contribution in [1.82, 2.24) is 0 Å². The third-order valence-corrected chi connectivity index (χ3v) is 3.00. The smallest absolute Gasteiger partial charge is 0.160 e. The van der Waals surface area contributed by atoms with E-state index in [0.717, 1.165) is 30.4 Å². The Morgan fingerprint density at radius 1 is 1.36 bits per heavy atom. The van der Waals surface area contributed by atoms with E-state index < -0.39 is 0 Å². The first-order valence-electron chi connectivity index (χ1n) is 4.97. The largest absolute Gasteiger partial charge is 0.504 e. The van der Waals surface area contributed by atoms with E-state index in [1.807, 2.05) is 6.07 Å². The number of hydrogen-bond donors (Lipinski definition) is 3. The molecule has 0 radical (unpaired) electrons. The topological polar surface area (TPSA) is 66.5 Å². The van der Waals surface area contributed by atoms with Crippen molar-refractivity contribution < 1.29 is 10.2 Å². The third kappa shape index (κ3) is 1.34. The van der Waals surface area contributed by atoms with E-state index in [2.05, 4.69) is 0 Å². The minimum atomic E-state index is -0.0265. The Kier molecular flexibility index (Phi) is 2.33. The van der Waals surface area contributed by atoms with Crippen molar-refractivity contribution in [3.05, 3.63) is 23.3 Å². The summed E-state index contributed by atoms with van der Waals surface area (Å²) in [5.74, 6) is 0.354. The Bertz CT molecular complexity index is 349. The van der Waals surface area contributed by atoms with Crippen LogP contribution in [0.4, 0.5) is 0 Å². The number of nitrogens with two attached hydrogens (primary N) is 1. The van der Waals surface area contributed by atoms with Crippen molar-refractivity contribution in [3.8, 4) is 11.5 Å². The van der Waals surface area contributed by atoms with Gasteiger partial charge in [-0.25, -0.2) is 0 Å². The molecule has 2 rings (SSSR count). The fraction of sp³-hybridized carbons (Fsp3) is 0.455. The summed E-state index contributed by atoms with van der Waals surface area (Å²) >= 11 is 0. The van der Waals surface area contributed by atoms with Crippen molar-refractivity contribution in [3.63, 3.8) is 0 Å². The molecule has 14 heavy (non-hydrogen) atoms. The summed E-state index contributed by atoms with van der Waals surface area (Å²) in [7, 11) is 0. The zero-order valence-electron chi connectivity index (χ0n) is 8.03. The molecule has 1 atom stereocenters. The van der Waals surface area contributed by atoms with Crippen LogP contribution in [0.1, 0.15) is 29.9 Å². The highest BCUT2D eigenvalue weighted by molar-refractivity contribution is 5.51. The molecular weight excluding hydrogens is 178 g/mol. The molecule has 0 amide bonds. The predicted molar refractivity (Wildman–Crippen MR) is 54.5 cm³/mol. The predicted octanol–water partition coefficient (Wildman–Crippen LogP) is 1.48. The molecule has 0 saturated heterocycles. The maximum absolute atomic E-state index is 9.67. The van der Waals surface area contributed by atoms with Gasteiger partial charge in [0.25, 0.3) is 0 Å². The second kappa shape index (κ2) is 3.50. The summed E-state index contributed by atoms with van der Waals surface area (Å²) < 4.78 is 0. The molecule has 0 bridgehead atoms. The summed E-state index contributed by atoms with van der Waals surface area (Å²) in [4.78, 5) is 0. The normalized spacial score (nSPS) is 20.5. The molecule has 4 N–H and O–H groups in total. The fourth-order valence-corrected chi connectivity index (χ4v) is 2.21. The lowest BCUT2D eigenvalue weighted by molar-refractivity contribution is 0.393. The average molecular weight is 193 g/mol. The van der Waals surface area contributed by atoms with Crippen LogP contribution in [0, 0.1) is 0 Å². The first-order chi connectivity index (χ1) is 6.74. The van der Waals surface area contributed by atoms with Crippen LogP contribution in [0.2, 0.25) is 0 Å². The number of phenols is 2. The fourth-order valence-electron chi connectivity index (χ4n) is 2.21. The molecule has 0 saturated carbocycles. The molecule has 1 unspecified atom stereocenters. The molecule has 3 nitrogen and oxygen atoms in total. The van der Waals surface area contributed by atoms with E-state index >= 15 is 0 Å². The van der Waals surface area contributed by atoms with Gasteiger partial charge in [-0.2, -0.15) is 0 Å². The van der Waals surface area contributed by atoms with Gasteiger partial charge in [-0.05, 0) is 43.4 Å². The number of benzene rings is 1. The zero-order valence-corrected chi connectivity index (χ0v) is 8.03. The van der Waals surface area contributed by atoms with E-state index in [1.165, 1.54) is 0 Å². The number of aromatic hydroxyl groups is 2. The highest BCUT2D eigenvalue weighted by Crippen LogP contribution is 2.40. The lowest BCUT2D eigenvalue weighted by Crippen LogP contribution is -2.18. The minimum Gasteiger partial charge on any atom is -0.504 e. The second-order valence-electron chi connectivity index (χ2n) is 3.83. The van der Waals surface area contributed by atoms with Gasteiger partial charge in [-0.1, -0.05) is 6.07 Å². The molecule has 0 heterocycles. The van der Waals surface area contributed by atoms with E-state index in [1.54, 1.807) is 6.07 Å². The Morgan fingerprint density at radius 3 is 2.86 bits per heavy atom. The maximum Gasteiger partial charge on any atom is 0.160 e. The van der Waals surface area contributed by atoms with Gasteiger partial charge in [-0.15, -0.1) is 0 Å². The first-order valence-corrected chi connectivity index (χ1v) is 4.97. The molecule has 0 spiro atoms. The van der Waals surface area contributed by atoms with Crippen LogP contribution in [0.15, 0.2) is 12.1 Å². The van der Waals surface area contributed by atoms with Gasteiger partial charge in [0.2, 0.25) is 0 Å².